The summed E-state index contributed by atoms with van der Waals surface area (Å²) in [7, 11) is 0. The predicted molar refractivity (Wildman–Crippen MR) is 97.4 cm³/mol. The van der Waals surface area contributed by atoms with Crippen LogP contribution in [0.5, 0.6) is 11.5 Å². The molecule has 0 saturated carbocycles. The van der Waals surface area contributed by atoms with Crippen molar-refractivity contribution in [2.75, 3.05) is 5.32 Å². The van der Waals surface area contributed by atoms with Gasteiger partial charge in [-0.3, -0.25) is 4.79 Å². The summed E-state index contributed by atoms with van der Waals surface area (Å²) in [5.74, 6) is 0.703. The molecule has 0 fully saturated rings. The molecule has 0 aliphatic rings. The minimum Gasteiger partial charge on any atom is -0.489 e. The number of carbonyl (C=O) groups is 1. The van der Waals surface area contributed by atoms with Crippen molar-refractivity contribution in [3.05, 3.63) is 52.5 Å². The highest BCUT2D eigenvalue weighted by molar-refractivity contribution is 6.35. The van der Waals surface area contributed by atoms with E-state index in [4.69, 9.17) is 32.7 Å². The topological polar surface area (TPSA) is 47.6 Å². The van der Waals surface area contributed by atoms with Crippen LogP contribution in [0.4, 0.5) is 5.69 Å². The largest absolute Gasteiger partial charge is 0.489 e. The number of para-hydroxylation sites is 2. The standard InChI is InChI=1S/C18H19Cl2NO3/c1-11(2)23-17-7-5-4-6-15(17)21-18(22)12(3)24-16-9-8-13(19)10-14(16)20/h4-12H,1-3H3,(H,21,22). The Hall–Kier alpha value is -1.91. The predicted octanol–water partition coefficient (Wildman–Crippen LogP) is 5.19. The lowest BCUT2D eigenvalue weighted by molar-refractivity contribution is -0.122. The van der Waals surface area contributed by atoms with Crippen molar-refractivity contribution in [1.29, 1.82) is 0 Å². The molecule has 4 nitrogen and oxygen atoms in total. The molecule has 2 rings (SSSR count). The van der Waals surface area contributed by atoms with Crippen LogP contribution in [-0.2, 0) is 4.79 Å². The zero-order valence-electron chi connectivity index (χ0n) is 13.7. The lowest BCUT2D eigenvalue weighted by Crippen LogP contribution is -2.30. The van der Waals surface area contributed by atoms with E-state index in [1.165, 1.54) is 0 Å². The highest BCUT2D eigenvalue weighted by Crippen LogP contribution is 2.29. The van der Waals surface area contributed by atoms with Crippen LogP contribution in [0.3, 0.4) is 0 Å². The van der Waals surface area contributed by atoms with Gasteiger partial charge in [-0.1, -0.05) is 35.3 Å². The van der Waals surface area contributed by atoms with Gasteiger partial charge in [0.15, 0.2) is 6.10 Å². The number of carbonyl (C=O) groups excluding carboxylic acids is 1. The van der Waals surface area contributed by atoms with Gasteiger partial charge >= 0.3 is 0 Å². The number of rotatable bonds is 6. The molecule has 2 aromatic rings. The van der Waals surface area contributed by atoms with Gasteiger partial charge in [0.05, 0.1) is 16.8 Å². The second-order valence-electron chi connectivity index (χ2n) is 5.49. The summed E-state index contributed by atoms with van der Waals surface area (Å²) in [4.78, 5) is 12.4. The van der Waals surface area contributed by atoms with Crippen LogP contribution in [0.25, 0.3) is 0 Å². The molecule has 0 bridgehead atoms. The summed E-state index contributed by atoms with van der Waals surface area (Å²) in [5.41, 5.74) is 0.592. The van der Waals surface area contributed by atoms with E-state index in [1.54, 1.807) is 37.3 Å². The molecule has 1 N–H and O–H groups in total. The fourth-order valence-electron chi connectivity index (χ4n) is 1.98. The van der Waals surface area contributed by atoms with E-state index in [0.717, 1.165) is 0 Å². The fourth-order valence-corrected chi connectivity index (χ4v) is 2.43. The molecule has 0 aromatic heterocycles. The first-order chi connectivity index (χ1) is 11.4. The van der Waals surface area contributed by atoms with E-state index in [-0.39, 0.29) is 12.0 Å². The first-order valence-electron chi connectivity index (χ1n) is 7.55. The van der Waals surface area contributed by atoms with Gasteiger partial charge in [-0.2, -0.15) is 0 Å². The quantitative estimate of drug-likeness (QED) is 0.764. The van der Waals surface area contributed by atoms with E-state index >= 15 is 0 Å². The first kappa shape index (κ1) is 18.4. The van der Waals surface area contributed by atoms with Crippen molar-refractivity contribution in [2.24, 2.45) is 0 Å². The number of halogens is 2. The van der Waals surface area contributed by atoms with Gasteiger partial charge in [0.1, 0.15) is 11.5 Å². The zero-order valence-corrected chi connectivity index (χ0v) is 15.2. The minimum absolute atomic E-state index is 0.00426. The van der Waals surface area contributed by atoms with Crippen LogP contribution in [0.2, 0.25) is 10.0 Å². The third kappa shape index (κ3) is 5.05. The lowest BCUT2D eigenvalue weighted by Gasteiger charge is -2.18. The Balaban J connectivity index is 2.06. The Bertz CT molecular complexity index is 719. The summed E-state index contributed by atoms with van der Waals surface area (Å²) in [5, 5.41) is 3.67. The van der Waals surface area contributed by atoms with Gasteiger partial charge in [-0.05, 0) is 51.1 Å². The van der Waals surface area contributed by atoms with Crippen LogP contribution in [-0.4, -0.2) is 18.1 Å². The van der Waals surface area contributed by atoms with Crippen molar-refractivity contribution >= 4 is 34.8 Å². The second kappa shape index (κ2) is 8.27. The Morgan fingerprint density at radius 3 is 2.38 bits per heavy atom. The second-order valence-corrected chi connectivity index (χ2v) is 6.33. The first-order valence-corrected chi connectivity index (χ1v) is 8.30. The molecule has 1 atom stereocenters. The van der Waals surface area contributed by atoms with Gasteiger partial charge in [-0.15, -0.1) is 0 Å². The third-order valence-corrected chi connectivity index (χ3v) is 3.60. The number of amides is 1. The van der Waals surface area contributed by atoms with E-state index < -0.39 is 6.10 Å². The van der Waals surface area contributed by atoms with Crippen molar-refractivity contribution in [1.82, 2.24) is 0 Å². The molecule has 6 heteroatoms. The molecule has 1 unspecified atom stereocenters. The minimum atomic E-state index is -0.740. The maximum absolute atomic E-state index is 12.4. The lowest BCUT2D eigenvalue weighted by atomic mass is 10.2. The molecule has 1 amide bonds. The fraction of sp³-hybridized carbons (Fsp3) is 0.278. The van der Waals surface area contributed by atoms with Crippen LogP contribution in [0, 0.1) is 0 Å². The summed E-state index contributed by atoms with van der Waals surface area (Å²) in [6, 6.07) is 12.1. The van der Waals surface area contributed by atoms with Crippen molar-refractivity contribution in [2.45, 2.75) is 33.0 Å². The van der Waals surface area contributed by atoms with Gasteiger partial charge in [0.25, 0.3) is 5.91 Å². The zero-order chi connectivity index (χ0) is 17.7. The molecule has 0 heterocycles. The SMILES string of the molecule is CC(C)Oc1ccccc1NC(=O)C(C)Oc1ccc(Cl)cc1Cl. The van der Waals surface area contributed by atoms with Crippen LogP contribution >= 0.6 is 23.2 Å². The van der Waals surface area contributed by atoms with Crippen LogP contribution in [0.1, 0.15) is 20.8 Å². The average molecular weight is 368 g/mol. The normalized spacial score (nSPS) is 11.9. The van der Waals surface area contributed by atoms with E-state index in [2.05, 4.69) is 5.32 Å². The van der Waals surface area contributed by atoms with E-state index in [9.17, 15) is 4.79 Å². The maximum atomic E-state index is 12.4. The molecular formula is C18H19Cl2NO3. The Morgan fingerprint density at radius 1 is 1.00 bits per heavy atom. The maximum Gasteiger partial charge on any atom is 0.265 e. The van der Waals surface area contributed by atoms with Gasteiger partial charge in [0.2, 0.25) is 0 Å². The number of hydrogen-bond acceptors (Lipinski definition) is 3. The molecular weight excluding hydrogens is 349 g/mol. The van der Waals surface area contributed by atoms with Crippen molar-refractivity contribution in [3.8, 4) is 11.5 Å². The third-order valence-electron chi connectivity index (χ3n) is 3.07. The summed E-state index contributed by atoms with van der Waals surface area (Å²) < 4.78 is 11.3. The van der Waals surface area contributed by atoms with Gasteiger partial charge in [0, 0.05) is 5.02 Å². The van der Waals surface area contributed by atoms with Gasteiger partial charge in [-0.25, -0.2) is 0 Å². The summed E-state index contributed by atoms with van der Waals surface area (Å²) in [6.07, 6.45) is -0.736. The summed E-state index contributed by atoms with van der Waals surface area (Å²) >= 11 is 11.9. The van der Waals surface area contributed by atoms with Gasteiger partial charge < -0.3 is 14.8 Å². The Kier molecular flexibility index (Phi) is 6.35. The highest BCUT2D eigenvalue weighted by atomic mass is 35.5. The Morgan fingerprint density at radius 2 is 1.71 bits per heavy atom. The smallest absolute Gasteiger partial charge is 0.265 e. The van der Waals surface area contributed by atoms with Crippen molar-refractivity contribution < 1.29 is 14.3 Å². The Labute approximate surface area is 151 Å². The van der Waals surface area contributed by atoms with Crippen LogP contribution < -0.4 is 14.8 Å². The average Bonchev–Trinajstić information content (AvgIpc) is 2.51. The number of benzene rings is 2. The highest BCUT2D eigenvalue weighted by Gasteiger charge is 2.18. The van der Waals surface area contributed by atoms with E-state index in [1.807, 2.05) is 26.0 Å². The molecule has 0 aliphatic carbocycles. The number of ether oxygens (including phenoxy) is 2. The van der Waals surface area contributed by atoms with E-state index in [0.29, 0.717) is 27.2 Å². The number of anilines is 1. The molecule has 2 aromatic carbocycles. The molecule has 0 aliphatic heterocycles. The molecule has 128 valence electrons. The molecule has 0 saturated heterocycles. The van der Waals surface area contributed by atoms with Crippen molar-refractivity contribution in [3.63, 3.8) is 0 Å². The number of nitrogens with one attached hydrogen (secondary N) is 1. The monoisotopic (exact) mass is 367 g/mol. The molecule has 0 radical (unpaired) electrons. The number of hydrogen-bond donors (Lipinski definition) is 1. The molecule has 24 heavy (non-hydrogen) atoms. The van der Waals surface area contributed by atoms with Crippen LogP contribution in [0.15, 0.2) is 42.5 Å². The molecule has 0 spiro atoms. The summed E-state index contributed by atoms with van der Waals surface area (Å²) in [6.45, 7) is 5.49.